The number of hydrogen-bond donors (Lipinski definition) is 0. The molecule has 0 amide bonds. The molecule has 0 N–H and O–H groups in total. The van der Waals surface area contributed by atoms with Crippen molar-refractivity contribution in [3.05, 3.63) is 34.4 Å². The summed E-state index contributed by atoms with van der Waals surface area (Å²) >= 11 is 3.67. The Kier molecular flexibility index (Phi) is 4.85. The van der Waals surface area contributed by atoms with Crippen LogP contribution in [0.2, 0.25) is 0 Å². The summed E-state index contributed by atoms with van der Waals surface area (Å²) in [5.74, 6) is 0. The quantitative estimate of drug-likeness (QED) is 0.750. The van der Waals surface area contributed by atoms with Crippen molar-refractivity contribution in [1.82, 2.24) is 4.90 Å². The zero-order valence-electron chi connectivity index (χ0n) is 11.8. The van der Waals surface area contributed by atoms with Crippen molar-refractivity contribution < 1.29 is 0 Å². The number of rotatable bonds is 3. The summed E-state index contributed by atoms with van der Waals surface area (Å²) in [6, 6.07) is 5.35. The third kappa shape index (κ3) is 3.16. The highest BCUT2D eigenvalue weighted by Crippen LogP contribution is 2.24. The van der Waals surface area contributed by atoms with Crippen LogP contribution in [0.25, 0.3) is 0 Å². The van der Waals surface area contributed by atoms with Crippen LogP contribution in [-0.2, 0) is 6.54 Å². The minimum Gasteiger partial charge on any atom is -0.295 e. The number of likely N-dealkylation sites (tertiary alicyclic amines) is 1. The van der Waals surface area contributed by atoms with Crippen molar-refractivity contribution in [3.8, 4) is 0 Å². The van der Waals surface area contributed by atoms with Gasteiger partial charge in [0, 0.05) is 17.9 Å². The SMILES string of the molecule is Cc1cc(C)c(CN2CCCCC2CBr)c(C)c1. The first-order chi connectivity index (χ1) is 8.61. The highest BCUT2D eigenvalue weighted by molar-refractivity contribution is 9.09. The van der Waals surface area contributed by atoms with Gasteiger partial charge < -0.3 is 0 Å². The molecule has 0 radical (unpaired) electrons. The fraction of sp³-hybridized carbons (Fsp3) is 0.625. The average Bonchev–Trinajstić information content (AvgIpc) is 2.34. The fourth-order valence-electron chi connectivity index (χ4n) is 3.11. The molecule has 2 heteroatoms. The first-order valence-corrected chi connectivity index (χ1v) is 8.10. The summed E-state index contributed by atoms with van der Waals surface area (Å²) in [7, 11) is 0. The Bertz CT molecular complexity index is 391. The van der Waals surface area contributed by atoms with Gasteiger partial charge in [0.2, 0.25) is 0 Å². The number of nitrogens with zero attached hydrogens (tertiary/aromatic N) is 1. The fourth-order valence-corrected chi connectivity index (χ4v) is 3.84. The molecule has 1 aromatic carbocycles. The number of hydrogen-bond acceptors (Lipinski definition) is 1. The van der Waals surface area contributed by atoms with E-state index < -0.39 is 0 Å². The third-order valence-electron chi connectivity index (χ3n) is 4.13. The molecule has 1 nitrogen and oxygen atoms in total. The van der Waals surface area contributed by atoms with Gasteiger partial charge in [-0.05, 0) is 56.8 Å². The van der Waals surface area contributed by atoms with Gasteiger partial charge in [-0.1, -0.05) is 40.0 Å². The maximum absolute atomic E-state index is 3.67. The highest BCUT2D eigenvalue weighted by atomic mass is 79.9. The van der Waals surface area contributed by atoms with Crippen molar-refractivity contribution in [2.75, 3.05) is 11.9 Å². The van der Waals surface area contributed by atoms with Gasteiger partial charge in [0.15, 0.2) is 0 Å². The van der Waals surface area contributed by atoms with Crippen molar-refractivity contribution in [2.45, 2.75) is 52.6 Å². The van der Waals surface area contributed by atoms with Crippen molar-refractivity contribution in [1.29, 1.82) is 0 Å². The normalized spacial score (nSPS) is 21.2. The summed E-state index contributed by atoms with van der Waals surface area (Å²) in [5.41, 5.74) is 5.82. The van der Waals surface area contributed by atoms with E-state index >= 15 is 0 Å². The minimum absolute atomic E-state index is 0.721. The Morgan fingerprint density at radius 1 is 1.17 bits per heavy atom. The molecular weight excluding hydrogens is 286 g/mol. The Morgan fingerprint density at radius 3 is 2.44 bits per heavy atom. The van der Waals surface area contributed by atoms with Crippen LogP contribution in [0.1, 0.15) is 41.5 Å². The lowest BCUT2D eigenvalue weighted by atomic mass is 9.97. The second-order valence-corrected chi connectivity index (χ2v) is 6.30. The standard InChI is InChI=1S/C16H24BrN/c1-12-8-13(2)16(14(3)9-12)11-18-7-5-4-6-15(18)10-17/h8-9,15H,4-7,10-11H2,1-3H3. The first kappa shape index (κ1) is 14.1. The second kappa shape index (κ2) is 6.21. The van der Waals surface area contributed by atoms with E-state index in [1.54, 1.807) is 0 Å². The molecule has 0 aromatic heterocycles. The van der Waals surface area contributed by atoms with Crippen LogP contribution in [-0.4, -0.2) is 22.8 Å². The maximum atomic E-state index is 3.67. The van der Waals surface area contributed by atoms with Crippen LogP contribution >= 0.6 is 15.9 Å². The molecule has 1 aliphatic heterocycles. The largest absolute Gasteiger partial charge is 0.295 e. The topological polar surface area (TPSA) is 3.24 Å². The zero-order chi connectivity index (χ0) is 13.1. The van der Waals surface area contributed by atoms with Crippen LogP contribution in [0.3, 0.4) is 0 Å². The predicted molar refractivity (Wildman–Crippen MR) is 82.5 cm³/mol. The van der Waals surface area contributed by atoms with Crippen LogP contribution in [0.5, 0.6) is 0 Å². The third-order valence-corrected chi connectivity index (χ3v) is 4.88. The molecule has 1 unspecified atom stereocenters. The molecule has 1 aliphatic rings. The van der Waals surface area contributed by atoms with Gasteiger partial charge in [-0.3, -0.25) is 4.90 Å². The molecular formula is C16H24BrN. The summed E-state index contributed by atoms with van der Waals surface area (Å²) in [5, 5.41) is 1.11. The van der Waals surface area contributed by atoms with Crippen LogP contribution < -0.4 is 0 Å². The van der Waals surface area contributed by atoms with Crippen LogP contribution in [0, 0.1) is 20.8 Å². The van der Waals surface area contributed by atoms with E-state index in [9.17, 15) is 0 Å². The number of aryl methyl sites for hydroxylation is 3. The maximum Gasteiger partial charge on any atom is 0.0242 e. The zero-order valence-corrected chi connectivity index (χ0v) is 13.4. The molecule has 1 fully saturated rings. The van der Waals surface area contributed by atoms with Gasteiger partial charge in [-0.2, -0.15) is 0 Å². The van der Waals surface area contributed by atoms with Crippen LogP contribution in [0.4, 0.5) is 0 Å². The molecule has 100 valence electrons. The van der Waals surface area contributed by atoms with Gasteiger partial charge in [-0.25, -0.2) is 0 Å². The average molecular weight is 310 g/mol. The summed E-state index contributed by atoms with van der Waals surface area (Å²) in [6.45, 7) is 9.06. The lowest BCUT2D eigenvalue weighted by Gasteiger charge is -2.35. The number of piperidine rings is 1. The van der Waals surface area contributed by atoms with Gasteiger partial charge in [0.05, 0.1) is 0 Å². The van der Waals surface area contributed by atoms with E-state index in [1.807, 2.05) is 0 Å². The molecule has 0 spiro atoms. The Labute approximate surface area is 120 Å². The van der Waals surface area contributed by atoms with E-state index in [1.165, 1.54) is 48.1 Å². The molecule has 1 aromatic rings. The lowest BCUT2D eigenvalue weighted by Crippen LogP contribution is -2.40. The molecule has 0 saturated carbocycles. The smallest absolute Gasteiger partial charge is 0.0242 e. The minimum atomic E-state index is 0.721. The van der Waals surface area contributed by atoms with Crippen molar-refractivity contribution in [3.63, 3.8) is 0 Å². The van der Waals surface area contributed by atoms with E-state index in [4.69, 9.17) is 0 Å². The second-order valence-electron chi connectivity index (χ2n) is 5.65. The van der Waals surface area contributed by atoms with Gasteiger partial charge in [0.25, 0.3) is 0 Å². The molecule has 0 aliphatic carbocycles. The monoisotopic (exact) mass is 309 g/mol. The molecule has 0 bridgehead atoms. The number of alkyl halides is 1. The van der Waals surface area contributed by atoms with Crippen molar-refractivity contribution >= 4 is 15.9 Å². The number of benzene rings is 1. The van der Waals surface area contributed by atoms with Gasteiger partial charge >= 0.3 is 0 Å². The molecule has 18 heavy (non-hydrogen) atoms. The van der Waals surface area contributed by atoms with E-state index in [-0.39, 0.29) is 0 Å². The van der Waals surface area contributed by atoms with E-state index in [0.29, 0.717) is 0 Å². The molecule has 1 saturated heterocycles. The molecule has 2 rings (SSSR count). The summed E-state index contributed by atoms with van der Waals surface area (Å²) in [4.78, 5) is 2.66. The number of halogens is 1. The molecule has 1 atom stereocenters. The van der Waals surface area contributed by atoms with Crippen molar-refractivity contribution in [2.24, 2.45) is 0 Å². The summed E-state index contributed by atoms with van der Waals surface area (Å²) in [6.07, 6.45) is 4.08. The van der Waals surface area contributed by atoms with E-state index in [0.717, 1.165) is 17.9 Å². The Hall–Kier alpha value is -0.340. The van der Waals surface area contributed by atoms with Gasteiger partial charge in [-0.15, -0.1) is 0 Å². The first-order valence-electron chi connectivity index (χ1n) is 6.98. The lowest BCUT2D eigenvalue weighted by molar-refractivity contribution is 0.156. The highest BCUT2D eigenvalue weighted by Gasteiger charge is 2.22. The Balaban J connectivity index is 2.17. The van der Waals surface area contributed by atoms with Gasteiger partial charge in [0.1, 0.15) is 0 Å². The Morgan fingerprint density at radius 2 is 1.83 bits per heavy atom. The van der Waals surface area contributed by atoms with E-state index in [2.05, 4.69) is 53.7 Å². The summed E-state index contributed by atoms with van der Waals surface area (Å²) < 4.78 is 0. The predicted octanol–water partition coefficient (Wildman–Crippen LogP) is 4.36. The molecule has 1 heterocycles. The van der Waals surface area contributed by atoms with Crippen LogP contribution in [0.15, 0.2) is 12.1 Å².